The van der Waals surface area contributed by atoms with Crippen LogP contribution in [0.15, 0.2) is 35.1 Å². The molecule has 0 saturated heterocycles. The monoisotopic (exact) mass is 389 g/mol. The molecule has 0 fully saturated rings. The van der Waals surface area contributed by atoms with E-state index >= 15 is 0 Å². The van der Waals surface area contributed by atoms with Crippen molar-refractivity contribution in [3.8, 4) is 11.4 Å². The van der Waals surface area contributed by atoms with Gasteiger partial charge in [-0.1, -0.05) is 34.4 Å². The molecule has 3 rings (SSSR count). The molecule has 0 unspecified atom stereocenters. The normalized spacial score (nSPS) is 11.6. The van der Waals surface area contributed by atoms with E-state index in [1.807, 2.05) is 0 Å². The highest BCUT2D eigenvalue weighted by Crippen LogP contribution is 2.29. The van der Waals surface area contributed by atoms with Crippen LogP contribution in [0.5, 0.6) is 0 Å². The molecule has 0 atom stereocenters. The van der Waals surface area contributed by atoms with E-state index in [-0.39, 0.29) is 23.9 Å². The van der Waals surface area contributed by atoms with Gasteiger partial charge in [0.2, 0.25) is 11.8 Å². The van der Waals surface area contributed by atoms with E-state index in [2.05, 4.69) is 29.9 Å². The molecule has 3 aromatic rings. The van der Waals surface area contributed by atoms with E-state index in [0.29, 0.717) is 15.6 Å². The van der Waals surface area contributed by atoms with Crippen LogP contribution in [-0.4, -0.2) is 20.1 Å². The molecule has 0 radical (unpaired) electrons. The van der Waals surface area contributed by atoms with Gasteiger partial charge in [0.1, 0.15) is 0 Å². The minimum absolute atomic E-state index is 0.181. The van der Waals surface area contributed by atoms with Crippen molar-refractivity contribution in [3.05, 3.63) is 52.1 Å². The summed E-state index contributed by atoms with van der Waals surface area (Å²) in [5.74, 6) is -1.45. The van der Waals surface area contributed by atoms with E-state index in [1.54, 1.807) is 18.2 Å². The van der Waals surface area contributed by atoms with Gasteiger partial charge in [0.15, 0.2) is 0 Å². The number of aromatic nitrogens is 4. The summed E-state index contributed by atoms with van der Waals surface area (Å²) in [5, 5.41) is 7.15. The second-order valence-corrected chi connectivity index (χ2v) is 5.58. The first-order valence-electron chi connectivity index (χ1n) is 6.74. The number of nitrogens with one attached hydrogen (secondary N) is 1. The fraction of sp³-hybridized carbons (Fsp3) is 0.143. The third kappa shape index (κ3) is 3.99. The first kappa shape index (κ1) is 17.4. The van der Waals surface area contributed by atoms with Crippen LogP contribution in [0, 0.1) is 0 Å². The highest BCUT2D eigenvalue weighted by atomic mass is 35.5. The minimum atomic E-state index is -4.71. The Balaban J connectivity index is 1.71. The van der Waals surface area contributed by atoms with Gasteiger partial charge in [-0.3, -0.25) is 0 Å². The van der Waals surface area contributed by atoms with Crippen molar-refractivity contribution < 1.29 is 17.7 Å². The Hall–Kier alpha value is -2.39. The van der Waals surface area contributed by atoms with E-state index < -0.39 is 12.1 Å². The highest BCUT2D eigenvalue weighted by molar-refractivity contribution is 6.36. The molecule has 0 bridgehead atoms. The molecule has 0 amide bonds. The fourth-order valence-corrected chi connectivity index (χ4v) is 2.39. The number of hydrogen-bond acceptors (Lipinski definition) is 6. The first-order valence-corrected chi connectivity index (χ1v) is 7.50. The van der Waals surface area contributed by atoms with E-state index in [9.17, 15) is 13.2 Å². The zero-order chi connectivity index (χ0) is 18.0. The SMILES string of the molecule is FC(F)(F)c1nc(-c2cnc(NCc3c(Cl)cccc3Cl)nc2)no1. The Kier molecular flexibility index (Phi) is 4.78. The summed E-state index contributed by atoms with van der Waals surface area (Å²) < 4.78 is 41.5. The zero-order valence-electron chi connectivity index (χ0n) is 12.2. The molecule has 2 aromatic heterocycles. The van der Waals surface area contributed by atoms with E-state index in [0.717, 1.165) is 0 Å². The largest absolute Gasteiger partial charge is 0.471 e. The number of benzene rings is 1. The minimum Gasteiger partial charge on any atom is -0.350 e. The maximum absolute atomic E-state index is 12.4. The van der Waals surface area contributed by atoms with Gasteiger partial charge in [-0.2, -0.15) is 18.2 Å². The van der Waals surface area contributed by atoms with Crippen molar-refractivity contribution in [2.45, 2.75) is 12.7 Å². The number of halogens is 5. The maximum atomic E-state index is 12.4. The second kappa shape index (κ2) is 6.85. The van der Waals surface area contributed by atoms with Crippen LogP contribution >= 0.6 is 23.2 Å². The Labute approximate surface area is 149 Å². The molecule has 0 aliphatic carbocycles. The Morgan fingerprint density at radius 1 is 1.08 bits per heavy atom. The van der Waals surface area contributed by atoms with Crippen LogP contribution < -0.4 is 5.32 Å². The van der Waals surface area contributed by atoms with Gasteiger partial charge in [0, 0.05) is 34.5 Å². The molecule has 1 N–H and O–H groups in total. The molecule has 0 spiro atoms. The quantitative estimate of drug-likeness (QED) is 0.709. The van der Waals surface area contributed by atoms with Crippen LogP contribution in [0.1, 0.15) is 11.5 Å². The van der Waals surface area contributed by atoms with Gasteiger partial charge in [-0.25, -0.2) is 9.97 Å². The van der Waals surface area contributed by atoms with Gasteiger partial charge in [-0.15, -0.1) is 0 Å². The van der Waals surface area contributed by atoms with Crippen molar-refractivity contribution in [2.75, 3.05) is 5.32 Å². The number of nitrogens with zero attached hydrogens (tertiary/aromatic N) is 4. The number of hydrogen-bond donors (Lipinski definition) is 1. The zero-order valence-corrected chi connectivity index (χ0v) is 13.7. The molecule has 2 heterocycles. The molecule has 0 aliphatic rings. The third-order valence-electron chi connectivity index (χ3n) is 3.06. The molecular formula is C14H8Cl2F3N5O. The van der Waals surface area contributed by atoms with E-state index in [4.69, 9.17) is 23.2 Å². The summed E-state index contributed by atoms with van der Waals surface area (Å²) in [7, 11) is 0. The number of rotatable bonds is 4. The molecule has 11 heteroatoms. The van der Waals surface area contributed by atoms with Gasteiger partial charge in [0.25, 0.3) is 0 Å². The van der Waals surface area contributed by atoms with Crippen molar-refractivity contribution in [3.63, 3.8) is 0 Å². The predicted octanol–water partition coefficient (Wildman–Crippen LogP) is 4.46. The summed E-state index contributed by atoms with van der Waals surface area (Å²) in [4.78, 5) is 11.2. The van der Waals surface area contributed by atoms with Gasteiger partial charge in [-0.05, 0) is 12.1 Å². The van der Waals surface area contributed by atoms with Gasteiger partial charge in [0.05, 0.1) is 5.56 Å². The molecule has 130 valence electrons. The summed E-state index contributed by atoms with van der Waals surface area (Å²) >= 11 is 12.1. The smallest absolute Gasteiger partial charge is 0.350 e. The fourth-order valence-electron chi connectivity index (χ4n) is 1.86. The molecule has 1 aromatic carbocycles. The maximum Gasteiger partial charge on any atom is 0.471 e. The molecule has 0 saturated carbocycles. The molecule has 25 heavy (non-hydrogen) atoms. The Morgan fingerprint density at radius 3 is 2.28 bits per heavy atom. The number of anilines is 1. The van der Waals surface area contributed by atoms with Gasteiger partial charge >= 0.3 is 12.1 Å². The van der Waals surface area contributed by atoms with Crippen LogP contribution in [-0.2, 0) is 12.7 Å². The predicted molar refractivity (Wildman–Crippen MR) is 84.1 cm³/mol. The lowest BCUT2D eigenvalue weighted by atomic mass is 10.2. The van der Waals surface area contributed by atoms with Gasteiger partial charge < -0.3 is 9.84 Å². The Morgan fingerprint density at radius 2 is 1.72 bits per heavy atom. The summed E-state index contributed by atoms with van der Waals surface area (Å²) in [6.45, 7) is 0.276. The van der Waals surface area contributed by atoms with Crippen molar-refractivity contribution >= 4 is 29.2 Å². The summed E-state index contributed by atoms with van der Waals surface area (Å²) in [6.07, 6.45) is -2.16. The van der Waals surface area contributed by atoms with Crippen LogP contribution in [0.2, 0.25) is 10.0 Å². The van der Waals surface area contributed by atoms with Crippen LogP contribution in [0.4, 0.5) is 19.1 Å². The third-order valence-corrected chi connectivity index (χ3v) is 3.77. The molecule has 0 aliphatic heterocycles. The number of alkyl halides is 3. The first-order chi connectivity index (χ1) is 11.8. The summed E-state index contributed by atoms with van der Waals surface area (Å²) in [5.41, 5.74) is 0.854. The average molecular weight is 390 g/mol. The van der Waals surface area contributed by atoms with Crippen LogP contribution in [0.25, 0.3) is 11.4 Å². The lowest BCUT2D eigenvalue weighted by molar-refractivity contribution is -0.159. The van der Waals surface area contributed by atoms with Crippen molar-refractivity contribution in [2.24, 2.45) is 0 Å². The average Bonchev–Trinajstić information content (AvgIpc) is 3.05. The standard InChI is InChI=1S/C14H8Cl2F3N5O/c15-9-2-1-3-10(16)8(9)6-22-13-20-4-7(5-21-13)11-23-12(25-24-11)14(17,18)19/h1-5H,6H2,(H,20,21,22). The lowest BCUT2D eigenvalue weighted by Crippen LogP contribution is -2.05. The summed E-state index contributed by atoms with van der Waals surface area (Å²) in [6, 6.07) is 5.12. The van der Waals surface area contributed by atoms with E-state index in [1.165, 1.54) is 12.4 Å². The topological polar surface area (TPSA) is 76.7 Å². The Bertz CT molecular complexity index is 863. The van der Waals surface area contributed by atoms with Crippen LogP contribution in [0.3, 0.4) is 0 Å². The molecular weight excluding hydrogens is 382 g/mol. The molecule has 6 nitrogen and oxygen atoms in total. The highest BCUT2D eigenvalue weighted by Gasteiger charge is 2.38. The lowest BCUT2D eigenvalue weighted by Gasteiger charge is -2.08. The van der Waals surface area contributed by atoms with Crippen molar-refractivity contribution in [1.82, 2.24) is 20.1 Å². The second-order valence-electron chi connectivity index (χ2n) is 4.77. The van der Waals surface area contributed by atoms with Crippen molar-refractivity contribution in [1.29, 1.82) is 0 Å².